The van der Waals surface area contributed by atoms with Gasteiger partial charge in [0.25, 0.3) is 0 Å². The van der Waals surface area contributed by atoms with Gasteiger partial charge in [0, 0.05) is 30.1 Å². The highest BCUT2D eigenvalue weighted by Gasteiger charge is 2.21. The molecule has 2 fully saturated rings. The molecule has 4 rings (SSSR count). The van der Waals surface area contributed by atoms with Crippen LogP contribution >= 0.6 is 0 Å². The lowest BCUT2D eigenvalue weighted by Gasteiger charge is -2.31. The number of fused-ring (bicyclic) bond motifs is 1. The monoisotopic (exact) mass is 365 g/mol. The second kappa shape index (κ2) is 7.87. The summed E-state index contributed by atoms with van der Waals surface area (Å²) in [5.74, 6) is 2.26. The Bertz CT molecular complexity index is 818. The molecule has 1 N–H and O–H groups in total. The molecule has 1 saturated heterocycles. The molecule has 2 heterocycles. The topological polar surface area (TPSA) is 45.2 Å². The van der Waals surface area contributed by atoms with Gasteiger partial charge in [-0.3, -0.25) is 4.79 Å². The first-order chi connectivity index (χ1) is 13.1. The molecule has 1 aromatic carbocycles. The quantitative estimate of drug-likeness (QED) is 0.803. The summed E-state index contributed by atoms with van der Waals surface area (Å²) in [5.41, 5.74) is 3.13. The molecule has 0 atom stereocenters. The number of nitrogens with zero attached hydrogens (tertiary/aromatic N) is 2. The molecule has 0 bridgehead atoms. The number of amides is 1. The summed E-state index contributed by atoms with van der Waals surface area (Å²) in [6.07, 6.45) is 8.15. The molecule has 1 amide bonds. The molecule has 1 aromatic heterocycles. The fourth-order valence-electron chi connectivity index (χ4n) is 4.46. The molecule has 0 radical (unpaired) electrons. The summed E-state index contributed by atoms with van der Waals surface area (Å²) in [7, 11) is 0. The molecule has 0 unspecified atom stereocenters. The van der Waals surface area contributed by atoms with Crippen LogP contribution in [0, 0.1) is 18.8 Å². The first kappa shape index (κ1) is 18.3. The van der Waals surface area contributed by atoms with Crippen LogP contribution in [0.3, 0.4) is 0 Å². The van der Waals surface area contributed by atoms with Crippen molar-refractivity contribution in [3.05, 3.63) is 29.8 Å². The minimum Gasteiger partial charge on any atom is -0.357 e. The molecule has 1 aliphatic carbocycles. The van der Waals surface area contributed by atoms with E-state index in [1.165, 1.54) is 37.7 Å². The Hall–Kier alpha value is -2.10. The van der Waals surface area contributed by atoms with Crippen LogP contribution in [0.1, 0.15) is 57.4 Å². The average molecular weight is 366 g/mol. The van der Waals surface area contributed by atoms with E-state index in [1.54, 1.807) is 0 Å². The number of hydrogen-bond donors (Lipinski definition) is 1. The molecule has 4 heteroatoms. The third kappa shape index (κ3) is 4.10. The summed E-state index contributed by atoms with van der Waals surface area (Å²) >= 11 is 0. The fraction of sp³-hybridized carbons (Fsp3) is 0.565. The van der Waals surface area contributed by atoms with Crippen molar-refractivity contribution in [3.8, 4) is 0 Å². The van der Waals surface area contributed by atoms with Crippen molar-refractivity contribution in [1.29, 1.82) is 0 Å². The van der Waals surface area contributed by atoms with Gasteiger partial charge >= 0.3 is 0 Å². The Morgan fingerprint density at radius 1 is 1.07 bits per heavy atom. The predicted molar refractivity (Wildman–Crippen MR) is 112 cm³/mol. The van der Waals surface area contributed by atoms with Crippen LogP contribution in [0.2, 0.25) is 0 Å². The molecule has 2 aromatic rings. The van der Waals surface area contributed by atoms with Gasteiger partial charge in [-0.2, -0.15) is 0 Å². The van der Waals surface area contributed by atoms with E-state index in [-0.39, 0.29) is 11.8 Å². The Morgan fingerprint density at radius 2 is 1.81 bits per heavy atom. The Morgan fingerprint density at radius 3 is 2.56 bits per heavy atom. The third-order valence-electron chi connectivity index (χ3n) is 6.35. The van der Waals surface area contributed by atoms with E-state index >= 15 is 0 Å². The number of aromatic nitrogens is 1. The van der Waals surface area contributed by atoms with E-state index in [4.69, 9.17) is 4.98 Å². The van der Waals surface area contributed by atoms with Crippen LogP contribution < -0.4 is 10.2 Å². The number of nitrogens with one attached hydrogen (secondary N) is 1. The van der Waals surface area contributed by atoms with E-state index in [9.17, 15) is 4.79 Å². The maximum absolute atomic E-state index is 12.5. The number of carbonyl (C=O) groups is 1. The maximum Gasteiger partial charge on any atom is 0.227 e. The molecule has 1 aliphatic heterocycles. The Kier molecular flexibility index (Phi) is 5.33. The highest BCUT2D eigenvalue weighted by molar-refractivity contribution is 5.96. The molecule has 1 saturated carbocycles. The van der Waals surface area contributed by atoms with Gasteiger partial charge < -0.3 is 10.2 Å². The number of aryl methyl sites for hydroxylation is 1. The fourth-order valence-corrected chi connectivity index (χ4v) is 4.46. The normalized spacial score (nSPS) is 19.4. The van der Waals surface area contributed by atoms with E-state index < -0.39 is 0 Å². The van der Waals surface area contributed by atoms with Crippen LogP contribution in [-0.2, 0) is 4.79 Å². The zero-order valence-corrected chi connectivity index (χ0v) is 16.6. The molecular weight excluding hydrogens is 334 g/mol. The average Bonchev–Trinajstić information content (AvgIpc) is 2.69. The maximum atomic E-state index is 12.5. The molecule has 2 aliphatic rings. The van der Waals surface area contributed by atoms with Crippen molar-refractivity contribution in [2.45, 2.75) is 58.8 Å². The predicted octanol–water partition coefficient (Wildman–Crippen LogP) is 5.30. The Labute approximate surface area is 162 Å². The van der Waals surface area contributed by atoms with Crippen LogP contribution in [0.5, 0.6) is 0 Å². The van der Waals surface area contributed by atoms with E-state index in [0.717, 1.165) is 54.3 Å². The third-order valence-corrected chi connectivity index (χ3v) is 6.35. The lowest BCUT2D eigenvalue weighted by Crippen LogP contribution is -2.33. The number of hydrogen-bond acceptors (Lipinski definition) is 3. The number of rotatable bonds is 3. The van der Waals surface area contributed by atoms with Gasteiger partial charge in [-0.05, 0) is 68.4 Å². The van der Waals surface area contributed by atoms with E-state index in [0.29, 0.717) is 0 Å². The van der Waals surface area contributed by atoms with Gasteiger partial charge in [-0.1, -0.05) is 26.2 Å². The number of anilines is 2. The second-order valence-corrected chi connectivity index (χ2v) is 8.52. The van der Waals surface area contributed by atoms with Gasteiger partial charge in [0.15, 0.2) is 0 Å². The zero-order chi connectivity index (χ0) is 18.8. The van der Waals surface area contributed by atoms with Crippen molar-refractivity contribution in [1.82, 2.24) is 4.98 Å². The number of benzene rings is 1. The summed E-state index contributed by atoms with van der Waals surface area (Å²) in [4.78, 5) is 19.9. The van der Waals surface area contributed by atoms with Crippen molar-refractivity contribution in [3.63, 3.8) is 0 Å². The van der Waals surface area contributed by atoms with Crippen LogP contribution in [0.4, 0.5) is 11.5 Å². The highest BCUT2D eigenvalue weighted by atomic mass is 16.1. The first-order valence-corrected chi connectivity index (χ1v) is 10.6. The number of carbonyl (C=O) groups excluding carboxylic acids is 1. The molecular formula is C23H31N3O. The smallest absolute Gasteiger partial charge is 0.227 e. The minimum absolute atomic E-state index is 0.178. The summed E-state index contributed by atoms with van der Waals surface area (Å²) in [5, 5.41) is 4.27. The van der Waals surface area contributed by atoms with Gasteiger partial charge in [-0.25, -0.2) is 4.98 Å². The minimum atomic E-state index is 0.178. The number of piperidine rings is 1. The summed E-state index contributed by atoms with van der Waals surface area (Å²) in [6, 6.07) is 8.33. The lowest BCUT2D eigenvalue weighted by atomic mass is 9.88. The van der Waals surface area contributed by atoms with E-state index in [1.807, 2.05) is 6.07 Å². The molecule has 27 heavy (non-hydrogen) atoms. The van der Waals surface area contributed by atoms with Crippen molar-refractivity contribution >= 4 is 28.3 Å². The van der Waals surface area contributed by atoms with Crippen molar-refractivity contribution in [2.24, 2.45) is 11.8 Å². The SMILES string of the molecule is Cc1cc(N2CCC(C)CC2)nc2ccc(NC(=O)C3CCCCC3)cc12. The lowest BCUT2D eigenvalue weighted by molar-refractivity contribution is -0.120. The van der Waals surface area contributed by atoms with Gasteiger partial charge in [0.05, 0.1) is 5.52 Å². The first-order valence-electron chi connectivity index (χ1n) is 10.6. The van der Waals surface area contributed by atoms with Gasteiger partial charge in [0.1, 0.15) is 5.82 Å². The van der Waals surface area contributed by atoms with E-state index in [2.05, 4.69) is 42.3 Å². The Balaban J connectivity index is 1.53. The highest BCUT2D eigenvalue weighted by Crippen LogP contribution is 2.29. The summed E-state index contributed by atoms with van der Waals surface area (Å²) < 4.78 is 0. The van der Waals surface area contributed by atoms with Crippen molar-refractivity contribution < 1.29 is 4.79 Å². The summed E-state index contributed by atoms with van der Waals surface area (Å²) in [6.45, 7) is 6.66. The standard InChI is InChI=1S/C23H31N3O/c1-16-10-12-26(13-11-16)22-14-17(2)20-15-19(8-9-21(20)25-22)24-23(27)18-6-4-3-5-7-18/h8-9,14-16,18H,3-7,10-13H2,1-2H3,(H,24,27). The largest absolute Gasteiger partial charge is 0.357 e. The zero-order valence-electron chi connectivity index (χ0n) is 16.6. The molecule has 144 valence electrons. The second-order valence-electron chi connectivity index (χ2n) is 8.52. The van der Waals surface area contributed by atoms with Crippen LogP contribution in [-0.4, -0.2) is 24.0 Å². The van der Waals surface area contributed by atoms with Crippen molar-refractivity contribution in [2.75, 3.05) is 23.3 Å². The molecule has 4 nitrogen and oxygen atoms in total. The van der Waals surface area contributed by atoms with Crippen LogP contribution in [0.15, 0.2) is 24.3 Å². The number of pyridine rings is 1. The van der Waals surface area contributed by atoms with Crippen LogP contribution in [0.25, 0.3) is 10.9 Å². The molecule has 0 spiro atoms. The van der Waals surface area contributed by atoms with Gasteiger partial charge in [-0.15, -0.1) is 0 Å². The van der Waals surface area contributed by atoms with Gasteiger partial charge in [0.2, 0.25) is 5.91 Å².